The number of unbranched alkanes of at least 4 members (excludes halogenated alkanes) is 1. The SMILES string of the molecule is CCCCc1ccc(CN(CCC(=O)O)C(=O)c2ccc3c(c2)CC(C)(Cc2ccccc2Cl)O3)cc1. The van der Waals surface area contributed by atoms with Crippen molar-refractivity contribution < 1.29 is 19.4 Å². The van der Waals surface area contributed by atoms with Gasteiger partial charge in [-0.25, -0.2) is 0 Å². The molecule has 1 heterocycles. The standard InChI is InChI=1S/C31H34ClNO4/c1-3-4-7-22-10-12-23(13-11-22)21-33(17-16-29(34)35)30(36)24-14-15-28-26(18-24)20-31(2,37-28)19-25-8-5-6-9-27(25)32/h5-6,8-15,18H,3-4,7,16-17,19-21H2,1-2H3,(H,34,35). The van der Waals surface area contributed by atoms with Gasteiger partial charge in [0, 0.05) is 36.5 Å². The minimum absolute atomic E-state index is 0.107. The third-order valence-electron chi connectivity index (χ3n) is 6.85. The van der Waals surface area contributed by atoms with Gasteiger partial charge in [0.25, 0.3) is 5.91 Å². The Balaban J connectivity index is 1.49. The van der Waals surface area contributed by atoms with Gasteiger partial charge in [0.05, 0.1) is 6.42 Å². The minimum Gasteiger partial charge on any atom is -0.487 e. The van der Waals surface area contributed by atoms with Gasteiger partial charge in [-0.2, -0.15) is 0 Å². The lowest BCUT2D eigenvalue weighted by Gasteiger charge is -2.24. The first-order chi connectivity index (χ1) is 17.8. The van der Waals surface area contributed by atoms with Crippen LogP contribution in [0.4, 0.5) is 0 Å². The Hall–Kier alpha value is -3.31. The van der Waals surface area contributed by atoms with Gasteiger partial charge in [-0.1, -0.05) is 67.4 Å². The highest BCUT2D eigenvalue weighted by molar-refractivity contribution is 6.31. The summed E-state index contributed by atoms with van der Waals surface area (Å²) < 4.78 is 6.30. The van der Waals surface area contributed by atoms with Crippen molar-refractivity contribution in [3.63, 3.8) is 0 Å². The predicted molar refractivity (Wildman–Crippen MR) is 146 cm³/mol. The Morgan fingerprint density at radius 1 is 1.05 bits per heavy atom. The molecule has 0 fully saturated rings. The van der Waals surface area contributed by atoms with Gasteiger partial charge in [-0.3, -0.25) is 9.59 Å². The van der Waals surface area contributed by atoms with E-state index in [1.165, 1.54) is 5.56 Å². The Labute approximate surface area is 224 Å². The van der Waals surface area contributed by atoms with E-state index in [2.05, 4.69) is 26.0 Å². The Morgan fingerprint density at radius 3 is 2.49 bits per heavy atom. The molecule has 0 radical (unpaired) electrons. The quantitative estimate of drug-likeness (QED) is 0.305. The van der Waals surface area contributed by atoms with Crippen LogP contribution in [0.3, 0.4) is 0 Å². The van der Waals surface area contributed by atoms with E-state index in [0.717, 1.165) is 41.7 Å². The number of hydrogen-bond acceptors (Lipinski definition) is 3. The van der Waals surface area contributed by atoms with Crippen molar-refractivity contribution in [3.05, 3.63) is 99.6 Å². The molecule has 4 rings (SSSR count). The highest BCUT2D eigenvalue weighted by Crippen LogP contribution is 2.38. The van der Waals surface area contributed by atoms with E-state index in [1.807, 2.05) is 48.5 Å². The monoisotopic (exact) mass is 519 g/mol. The second-order valence-electron chi connectivity index (χ2n) is 10.1. The summed E-state index contributed by atoms with van der Waals surface area (Å²) in [5, 5.41) is 9.98. The molecule has 1 unspecified atom stereocenters. The van der Waals surface area contributed by atoms with Crippen LogP contribution in [0.25, 0.3) is 0 Å². The lowest BCUT2D eigenvalue weighted by molar-refractivity contribution is -0.137. The van der Waals surface area contributed by atoms with Crippen LogP contribution in [-0.2, 0) is 30.6 Å². The van der Waals surface area contributed by atoms with Crippen LogP contribution in [0, 0.1) is 0 Å². The van der Waals surface area contributed by atoms with E-state index < -0.39 is 11.6 Å². The van der Waals surface area contributed by atoms with E-state index >= 15 is 0 Å². The van der Waals surface area contributed by atoms with Crippen molar-refractivity contribution in [1.29, 1.82) is 0 Å². The van der Waals surface area contributed by atoms with E-state index in [9.17, 15) is 14.7 Å². The van der Waals surface area contributed by atoms with E-state index in [-0.39, 0.29) is 18.9 Å². The largest absolute Gasteiger partial charge is 0.487 e. The summed E-state index contributed by atoms with van der Waals surface area (Å²) in [6.45, 7) is 4.73. The van der Waals surface area contributed by atoms with Crippen LogP contribution in [-0.4, -0.2) is 34.0 Å². The fraction of sp³-hybridized carbons (Fsp3) is 0.355. The number of ether oxygens (including phenoxy) is 1. The third-order valence-corrected chi connectivity index (χ3v) is 7.22. The number of hydrogen-bond donors (Lipinski definition) is 1. The van der Waals surface area contributed by atoms with E-state index in [4.69, 9.17) is 16.3 Å². The number of halogens is 1. The molecule has 1 N–H and O–H groups in total. The molecule has 0 spiro atoms. The average molecular weight is 520 g/mol. The average Bonchev–Trinajstić information content (AvgIpc) is 3.22. The van der Waals surface area contributed by atoms with Crippen molar-refractivity contribution in [1.82, 2.24) is 4.90 Å². The lowest BCUT2D eigenvalue weighted by atomic mass is 9.91. The molecule has 0 bridgehead atoms. The van der Waals surface area contributed by atoms with Crippen molar-refractivity contribution >= 4 is 23.5 Å². The van der Waals surface area contributed by atoms with E-state index in [0.29, 0.717) is 30.0 Å². The third kappa shape index (κ3) is 6.92. The Bertz CT molecular complexity index is 1260. The van der Waals surface area contributed by atoms with Crippen molar-refractivity contribution in [3.8, 4) is 5.75 Å². The van der Waals surface area contributed by atoms with Gasteiger partial charge in [-0.15, -0.1) is 0 Å². The van der Waals surface area contributed by atoms with Gasteiger partial charge in [-0.05, 0) is 66.3 Å². The molecule has 0 saturated carbocycles. The highest BCUT2D eigenvalue weighted by atomic mass is 35.5. The summed E-state index contributed by atoms with van der Waals surface area (Å²) in [6.07, 6.45) is 4.52. The van der Waals surface area contributed by atoms with E-state index in [1.54, 1.807) is 11.0 Å². The zero-order chi connectivity index (χ0) is 26.4. The molecule has 37 heavy (non-hydrogen) atoms. The molecule has 1 atom stereocenters. The number of carboxylic acids is 1. The maximum atomic E-state index is 13.5. The number of nitrogens with zero attached hydrogens (tertiary/aromatic N) is 1. The smallest absolute Gasteiger partial charge is 0.305 e. The molecular weight excluding hydrogens is 486 g/mol. The molecule has 3 aromatic rings. The summed E-state index contributed by atoms with van der Waals surface area (Å²) in [5.74, 6) is -0.338. The topological polar surface area (TPSA) is 66.8 Å². The maximum Gasteiger partial charge on any atom is 0.305 e. The van der Waals surface area contributed by atoms with Gasteiger partial charge in [0.1, 0.15) is 11.4 Å². The second kappa shape index (κ2) is 11.8. The molecule has 1 amide bonds. The molecule has 0 saturated heterocycles. The van der Waals surface area contributed by atoms with Crippen LogP contribution >= 0.6 is 11.6 Å². The molecule has 0 aromatic heterocycles. The summed E-state index contributed by atoms with van der Waals surface area (Å²) >= 11 is 6.38. The molecule has 1 aliphatic rings. The van der Waals surface area contributed by atoms with Crippen molar-refractivity contribution in [2.75, 3.05) is 6.54 Å². The highest BCUT2D eigenvalue weighted by Gasteiger charge is 2.36. The molecule has 194 valence electrons. The minimum atomic E-state index is -0.926. The zero-order valence-corrected chi connectivity index (χ0v) is 22.3. The normalized spacial score (nSPS) is 16.2. The summed E-state index contributed by atoms with van der Waals surface area (Å²) in [6, 6.07) is 21.5. The molecule has 5 nitrogen and oxygen atoms in total. The first-order valence-corrected chi connectivity index (χ1v) is 13.3. The summed E-state index contributed by atoms with van der Waals surface area (Å²) in [4.78, 5) is 26.5. The summed E-state index contributed by atoms with van der Waals surface area (Å²) in [5.41, 5.74) is 4.32. The number of fused-ring (bicyclic) bond motifs is 1. The number of benzene rings is 3. The number of aryl methyl sites for hydroxylation is 1. The molecule has 0 aliphatic carbocycles. The molecule has 6 heteroatoms. The summed E-state index contributed by atoms with van der Waals surface area (Å²) in [7, 11) is 0. The number of carbonyl (C=O) groups is 2. The number of aliphatic carboxylic acids is 1. The maximum absolute atomic E-state index is 13.5. The fourth-order valence-corrected chi connectivity index (χ4v) is 5.08. The van der Waals surface area contributed by atoms with Crippen molar-refractivity contribution in [2.24, 2.45) is 0 Å². The molecular formula is C31H34ClNO4. The first kappa shape index (κ1) is 26.7. The number of carbonyl (C=O) groups excluding carboxylic acids is 1. The van der Waals surface area contributed by atoms with Crippen LogP contribution in [0.1, 0.15) is 65.7 Å². The number of carboxylic acid groups (broad SMARTS) is 1. The Kier molecular flexibility index (Phi) is 8.55. The zero-order valence-electron chi connectivity index (χ0n) is 21.5. The van der Waals surface area contributed by atoms with Crippen molar-refractivity contribution in [2.45, 2.75) is 64.5 Å². The van der Waals surface area contributed by atoms with Crippen LogP contribution in [0.2, 0.25) is 5.02 Å². The fourth-order valence-electron chi connectivity index (χ4n) is 4.88. The second-order valence-corrected chi connectivity index (χ2v) is 10.5. The lowest BCUT2D eigenvalue weighted by Crippen LogP contribution is -2.33. The van der Waals surface area contributed by atoms with Gasteiger partial charge < -0.3 is 14.7 Å². The van der Waals surface area contributed by atoms with Crippen LogP contribution in [0.5, 0.6) is 5.75 Å². The van der Waals surface area contributed by atoms with Crippen LogP contribution < -0.4 is 4.74 Å². The Morgan fingerprint density at radius 2 is 1.78 bits per heavy atom. The number of amides is 1. The predicted octanol–water partition coefficient (Wildman–Crippen LogP) is 6.74. The molecule has 1 aliphatic heterocycles. The first-order valence-electron chi connectivity index (χ1n) is 12.9. The van der Waals surface area contributed by atoms with Gasteiger partial charge in [0.2, 0.25) is 0 Å². The molecule has 3 aromatic carbocycles. The van der Waals surface area contributed by atoms with Gasteiger partial charge >= 0.3 is 5.97 Å². The number of rotatable bonds is 11. The van der Waals surface area contributed by atoms with Gasteiger partial charge in [0.15, 0.2) is 0 Å². The van der Waals surface area contributed by atoms with Crippen LogP contribution in [0.15, 0.2) is 66.7 Å².